The summed E-state index contributed by atoms with van der Waals surface area (Å²) in [7, 11) is 1.89. The first-order valence-corrected chi connectivity index (χ1v) is 10.7. The number of amides is 1. The maximum absolute atomic E-state index is 12.7. The van der Waals surface area contributed by atoms with Gasteiger partial charge in [0.25, 0.3) is 5.91 Å². The number of rotatable bonds is 5. The smallest absolute Gasteiger partial charge is 0.270 e. The third kappa shape index (κ3) is 3.83. The summed E-state index contributed by atoms with van der Waals surface area (Å²) in [4.78, 5) is 21.9. The maximum Gasteiger partial charge on any atom is 0.270 e. The Bertz CT molecular complexity index is 1190. The Labute approximate surface area is 177 Å². The van der Waals surface area contributed by atoms with E-state index in [0.29, 0.717) is 25.3 Å². The molecule has 1 aliphatic heterocycles. The fourth-order valence-corrected chi connectivity index (χ4v) is 4.50. The number of aryl methyl sites for hydroxylation is 1. The van der Waals surface area contributed by atoms with Gasteiger partial charge in [-0.1, -0.05) is 6.07 Å². The lowest BCUT2D eigenvalue weighted by atomic mass is 10.0. The van der Waals surface area contributed by atoms with Crippen LogP contribution in [0.25, 0.3) is 21.5 Å². The summed E-state index contributed by atoms with van der Waals surface area (Å²) < 4.78 is 8.22. The first-order valence-electron chi connectivity index (χ1n) is 9.85. The largest absolute Gasteiger partial charge is 0.379 e. The van der Waals surface area contributed by atoms with Crippen LogP contribution in [0, 0.1) is 0 Å². The maximum atomic E-state index is 12.7. The highest BCUT2D eigenvalue weighted by Crippen LogP contribution is 2.27. The molecule has 1 N–H and O–H groups in total. The van der Waals surface area contributed by atoms with Gasteiger partial charge in [0.1, 0.15) is 5.69 Å². The standard InChI is InChI=1S/C22H21N5O2S/c1-27-12-16(11-24-27)18-3-2-14(10-23-18)8-15-9-20(26-19-5-7-30-21(15)19)22(28)25-17-4-6-29-13-17/h2-3,5,7,9-12,17H,4,6,8,13H2,1H3,(H,25,28)/t17-/m1/s1. The zero-order valence-electron chi connectivity index (χ0n) is 16.5. The first-order chi connectivity index (χ1) is 14.7. The van der Waals surface area contributed by atoms with Crippen molar-refractivity contribution in [2.75, 3.05) is 13.2 Å². The molecule has 0 unspecified atom stereocenters. The van der Waals surface area contributed by atoms with Gasteiger partial charge in [-0.2, -0.15) is 5.10 Å². The van der Waals surface area contributed by atoms with Crippen molar-refractivity contribution in [3.63, 3.8) is 0 Å². The molecule has 0 aromatic carbocycles. The Kier molecular flexibility index (Phi) is 5.02. The number of carbonyl (C=O) groups is 1. The molecule has 8 heteroatoms. The van der Waals surface area contributed by atoms with Crippen LogP contribution in [-0.2, 0) is 18.2 Å². The van der Waals surface area contributed by atoms with Gasteiger partial charge in [0, 0.05) is 38.0 Å². The van der Waals surface area contributed by atoms with Crippen LogP contribution in [0.2, 0.25) is 0 Å². The van der Waals surface area contributed by atoms with E-state index in [1.165, 1.54) is 0 Å². The number of nitrogens with one attached hydrogen (secondary N) is 1. The molecule has 0 bridgehead atoms. The van der Waals surface area contributed by atoms with Gasteiger partial charge in [-0.25, -0.2) is 4.98 Å². The number of carbonyl (C=O) groups excluding carboxylic acids is 1. The van der Waals surface area contributed by atoms with Crippen LogP contribution in [0.1, 0.15) is 28.0 Å². The van der Waals surface area contributed by atoms with E-state index < -0.39 is 0 Å². The van der Waals surface area contributed by atoms with E-state index in [-0.39, 0.29) is 11.9 Å². The molecule has 4 aromatic heterocycles. The van der Waals surface area contributed by atoms with Gasteiger partial charge in [0.15, 0.2) is 0 Å². The Morgan fingerprint density at radius 1 is 1.33 bits per heavy atom. The van der Waals surface area contributed by atoms with E-state index in [2.05, 4.69) is 26.4 Å². The molecule has 5 heterocycles. The number of ether oxygens (including phenoxy) is 1. The molecule has 4 aromatic rings. The average molecular weight is 420 g/mol. The second-order valence-electron chi connectivity index (χ2n) is 7.47. The van der Waals surface area contributed by atoms with E-state index in [1.807, 2.05) is 43.0 Å². The molecule has 1 amide bonds. The Balaban J connectivity index is 1.40. The molecule has 1 aliphatic rings. The number of aromatic nitrogens is 4. The molecule has 1 saturated heterocycles. The molecule has 0 spiro atoms. The summed E-state index contributed by atoms with van der Waals surface area (Å²) in [6.07, 6.45) is 7.17. The predicted molar refractivity (Wildman–Crippen MR) is 116 cm³/mol. The van der Waals surface area contributed by atoms with Gasteiger partial charge in [-0.3, -0.25) is 14.5 Å². The zero-order chi connectivity index (χ0) is 20.5. The van der Waals surface area contributed by atoms with Gasteiger partial charge < -0.3 is 10.1 Å². The topological polar surface area (TPSA) is 81.9 Å². The van der Waals surface area contributed by atoms with Crippen molar-refractivity contribution in [3.05, 3.63) is 65.1 Å². The van der Waals surface area contributed by atoms with Crippen molar-refractivity contribution < 1.29 is 9.53 Å². The molecule has 0 aliphatic carbocycles. The third-order valence-corrected chi connectivity index (χ3v) is 6.18. The minimum Gasteiger partial charge on any atom is -0.379 e. The number of thiophene rings is 1. The van der Waals surface area contributed by atoms with Crippen LogP contribution in [0.5, 0.6) is 0 Å². The van der Waals surface area contributed by atoms with Gasteiger partial charge >= 0.3 is 0 Å². The number of pyridine rings is 2. The number of hydrogen-bond donors (Lipinski definition) is 1. The number of nitrogens with zero attached hydrogens (tertiary/aromatic N) is 4. The second kappa shape index (κ2) is 7.97. The van der Waals surface area contributed by atoms with Crippen LogP contribution in [0.3, 0.4) is 0 Å². The highest BCUT2D eigenvalue weighted by Gasteiger charge is 2.20. The van der Waals surface area contributed by atoms with Crippen molar-refractivity contribution in [2.24, 2.45) is 7.05 Å². The minimum atomic E-state index is -0.148. The Morgan fingerprint density at radius 3 is 3.00 bits per heavy atom. The highest BCUT2D eigenvalue weighted by molar-refractivity contribution is 7.17. The quantitative estimate of drug-likeness (QED) is 0.537. The van der Waals surface area contributed by atoms with Crippen molar-refractivity contribution in [3.8, 4) is 11.3 Å². The van der Waals surface area contributed by atoms with Crippen LogP contribution in [0.4, 0.5) is 0 Å². The van der Waals surface area contributed by atoms with Crippen molar-refractivity contribution in [2.45, 2.75) is 18.9 Å². The molecule has 5 rings (SSSR count). The highest BCUT2D eigenvalue weighted by atomic mass is 32.1. The van der Waals surface area contributed by atoms with Gasteiger partial charge in [0.2, 0.25) is 0 Å². The fourth-order valence-electron chi connectivity index (χ4n) is 3.65. The predicted octanol–water partition coefficient (Wildman–Crippen LogP) is 3.20. The van der Waals surface area contributed by atoms with Gasteiger partial charge in [-0.15, -0.1) is 11.3 Å². The fraction of sp³-hybridized carbons (Fsp3) is 0.273. The Hall–Kier alpha value is -3.10. The molecule has 0 radical (unpaired) electrons. The number of fused-ring (bicyclic) bond motifs is 1. The van der Waals surface area contributed by atoms with Crippen molar-refractivity contribution in [1.29, 1.82) is 0 Å². The SMILES string of the molecule is Cn1cc(-c2ccc(Cc3cc(C(=O)N[C@@H]4CCOC4)nc4ccsc34)cn2)cn1. The van der Waals surface area contributed by atoms with Crippen molar-refractivity contribution in [1.82, 2.24) is 25.1 Å². The third-order valence-electron chi connectivity index (χ3n) is 5.21. The molecule has 30 heavy (non-hydrogen) atoms. The summed E-state index contributed by atoms with van der Waals surface area (Å²) in [5.74, 6) is -0.148. The summed E-state index contributed by atoms with van der Waals surface area (Å²) in [5, 5.41) is 9.24. The molecule has 0 saturated carbocycles. The van der Waals surface area contributed by atoms with Crippen LogP contribution >= 0.6 is 11.3 Å². The number of hydrogen-bond acceptors (Lipinski definition) is 6. The summed E-state index contributed by atoms with van der Waals surface area (Å²) >= 11 is 1.64. The van der Waals surface area contributed by atoms with Crippen LogP contribution in [-0.4, -0.2) is 44.9 Å². The summed E-state index contributed by atoms with van der Waals surface area (Å²) in [6, 6.07) is 8.00. The lowest BCUT2D eigenvalue weighted by molar-refractivity contribution is 0.0925. The van der Waals surface area contributed by atoms with E-state index in [0.717, 1.165) is 39.0 Å². The molecular formula is C22H21N5O2S. The van der Waals surface area contributed by atoms with E-state index in [4.69, 9.17) is 4.74 Å². The molecule has 7 nitrogen and oxygen atoms in total. The minimum absolute atomic E-state index is 0.0603. The van der Waals surface area contributed by atoms with E-state index in [9.17, 15) is 4.79 Å². The zero-order valence-corrected chi connectivity index (χ0v) is 17.4. The van der Waals surface area contributed by atoms with Crippen LogP contribution < -0.4 is 5.32 Å². The molecule has 1 fully saturated rings. The van der Waals surface area contributed by atoms with Crippen molar-refractivity contribution >= 4 is 27.5 Å². The van der Waals surface area contributed by atoms with Crippen LogP contribution in [0.15, 0.2) is 48.2 Å². The summed E-state index contributed by atoms with van der Waals surface area (Å²) in [5.41, 5.74) is 5.34. The molecule has 1 atom stereocenters. The Morgan fingerprint density at radius 2 is 2.27 bits per heavy atom. The monoisotopic (exact) mass is 419 g/mol. The normalized spacial score (nSPS) is 16.2. The molecule has 152 valence electrons. The van der Waals surface area contributed by atoms with Gasteiger partial charge in [0.05, 0.1) is 34.8 Å². The second-order valence-corrected chi connectivity index (χ2v) is 8.38. The lowest BCUT2D eigenvalue weighted by Gasteiger charge is -2.12. The van der Waals surface area contributed by atoms with E-state index in [1.54, 1.807) is 22.2 Å². The van der Waals surface area contributed by atoms with E-state index >= 15 is 0 Å². The average Bonchev–Trinajstić information content (AvgIpc) is 3.50. The summed E-state index contributed by atoms with van der Waals surface area (Å²) in [6.45, 7) is 1.25. The molecular weight excluding hydrogens is 398 g/mol. The van der Waals surface area contributed by atoms with Gasteiger partial charge in [-0.05, 0) is 41.1 Å². The lowest BCUT2D eigenvalue weighted by Crippen LogP contribution is -2.35. The first kappa shape index (κ1) is 18.9.